The molecule has 1 amide bonds. The van der Waals surface area contributed by atoms with Crippen LogP contribution in [0.3, 0.4) is 0 Å². The van der Waals surface area contributed by atoms with Crippen LogP contribution in [0.15, 0.2) is 64.4 Å². The molecule has 4 nitrogen and oxygen atoms in total. The zero-order valence-electron chi connectivity index (χ0n) is 12.7. The third-order valence-electron chi connectivity index (χ3n) is 3.29. The normalized spacial score (nSPS) is 11.9. The molecule has 2 heterocycles. The minimum absolute atomic E-state index is 0.178. The smallest absolute Gasteiger partial charge is 0.261 e. The molecular formula is C18H17NO3S. The van der Waals surface area contributed by atoms with Gasteiger partial charge in [0.15, 0.2) is 6.10 Å². The zero-order valence-corrected chi connectivity index (χ0v) is 13.5. The Labute approximate surface area is 138 Å². The second-order valence-corrected chi connectivity index (χ2v) is 5.98. The number of ether oxygens (including phenoxy) is 1. The molecule has 0 bridgehead atoms. The van der Waals surface area contributed by atoms with Crippen LogP contribution in [0.2, 0.25) is 0 Å². The lowest BCUT2D eigenvalue weighted by Crippen LogP contribution is -2.35. The Morgan fingerprint density at radius 1 is 1.17 bits per heavy atom. The topological polar surface area (TPSA) is 51.5 Å². The highest BCUT2D eigenvalue weighted by molar-refractivity contribution is 7.13. The second kappa shape index (κ2) is 7.15. The maximum absolute atomic E-state index is 12.1. The second-order valence-electron chi connectivity index (χ2n) is 5.03. The van der Waals surface area contributed by atoms with Gasteiger partial charge >= 0.3 is 0 Å². The number of thiophene rings is 1. The first kappa shape index (κ1) is 15.4. The molecule has 3 rings (SSSR count). The SMILES string of the molecule is C[C@@H](Oc1ccccc1)C(=O)NCc1ccc(-c2cccs2)o1. The van der Waals surface area contributed by atoms with Crippen molar-refractivity contribution in [1.82, 2.24) is 5.32 Å². The lowest BCUT2D eigenvalue weighted by Gasteiger charge is -2.14. The largest absolute Gasteiger partial charge is 0.481 e. The summed E-state index contributed by atoms with van der Waals surface area (Å²) in [6.07, 6.45) is -0.566. The van der Waals surface area contributed by atoms with Gasteiger partial charge in [0.2, 0.25) is 0 Å². The molecule has 1 aromatic carbocycles. The third-order valence-corrected chi connectivity index (χ3v) is 4.17. The molecule has 0 spiro atoms. The van der Waals surface area contributed by atoms with E-state index in [2.05, 4.69) is 5.32 Å². The summed E-state index contributed by atoms with van der Waals surface area (Å²) in [5.41, 5.74) is 0. The van der Waals surface area contributed by atoms with Crippen LogP contribution >= 0.6 is 11.3 Å². The molecule has 1 N–H and O–H groups in total. The molecule has 0 aliphatic rings. The molecule has 0 saturated heterocycles. The van der Waals surface area contributed by atoms with Crippen molar-refractivity contribution in [2.75, 3.05) is 0 Å². The monoisotopic (exact) mass is 327 g/mol. The minimum Gasteiger partial charge on any atom is -0.481 e. The molecule has 23 heavy (non-hydrogen) atoms. The van der Waals surface area contributed by atoms with E-state index in [1.165, 1.54) is 0 Å². The number of furan rings is 1. The summed E-state index contributed by atoms with van der Waals surface area (Å²) in [6.45, 7) is 2.06. The Morgan fingerprint density at radius 2 is 2.00 bits per heavy atom. The number of para-hydroxylation sites is 1. The van der Waals surface area contributed by atoms with Gasteiger partial charge in [0.1, 0.15) is 17.3 Å². The van der Waals surface area contributed by atoms with Crippen molar-refractivity contribution in [2.24, 2.45) is 0 Å². The molecule has 118 valence electrons. The average Bonchev–Trinajstić information content (AvgIpc) is 3.24. The molecule has 5 heteroatoms. The first-order valence-corrected chi connectivity index (χ1v) is 8.22. The van der Waals surface area contributed by atoms with Gasteiger partial charge in [-0.3, -0.25) is 4.79 Å². The van der Waals surface area contributed by atoms with Crippen molar-refractivity contribution in [1.29, 1.82) is 0 Å². The summed E-state index contributed by atoms with van der Waals surface area (Å²) in [5, 5.41) is 4.83. The van der Waals surface area contributed by atoms with Crippen molar-refractivity contribution in [3.63, 3.8) is 0 Å². The van der Waals surface area contributed by atoms with Gasteiger partial charge in [-0.15, -0.1) is 11.3 Å². The number of hydrogen-bond donors (Lipinski definition) is 1. The summed E-state index contributed by atoms with van der Waals surface area (Å²) >= 11 is 1.62. The van der Waals surface area contributed by atoms with Crippen molar-refractivity contribution in [3.05, 3.63) is 65.7 Å². The Kier molecular flexibility index (Phi) is 4.78. The van der Waals surface area contributed by atoms with Crippen LogP contribution in [0, 0.1) is 0 Å². The minimum atomic E-state index is -0.566. The Morgan fingerprint density at radius 3 is 2.74 bits per heavy atom. The molecule has 0 aliphatic heterocycles. The Hall–Kier alpha value is -2.53. The van der Waals surface area contributed by atoms with Crippen LogP contribution in [-0.2, 0) is 11.3 Å². The van der Waals surface area contributed by atoms with E-state index in [4.69, 9.17) is 9.15 Å². The van der Waals surface area contributed by atoms with Gasteiger partial charge < -0.3 is 14.5 Å². The fourth-order valence-corrected chi connectivity index (χ4v) is 2.79. The first-order chi connectivity index (χ1) is 11.2. The highest BCUT2D eigenvalue weighted by atomic mass is 32.1. The summed E-state index contributed by atoms with van der Waals surface area (Å²) in [4.78, 5) is 13.2. The van der Waals surface area contributed by atoms with Gasteiger partial charge in [0.25, 0.3) is 5.91 Å². The Balaban J connectivity index is 1.52. The van der Waals surface area contributed by atoms with E-state index < -0.39 is 6.10 Å². The number of amides is 1. The number of carbonyl (C=O) groups is 1. The fraction of sp³-hybridized carbons (Fsp3) is 0.167. The standard InChI is InChI=1S/C18H17NO3S/c1-13(21-14-6-3-2-4-7-14)18(20)19-12-15-9-10-16(22-15)17-8-5-11-23-17/h2-11,13H,12H2,1H3,(H,19,20)/t13-/m1/s1. The molecule has 0 unspecified atom stereocenters. The zero-order chi connectivity index (χ0) is 16.1. The van der Waals surface area contributed by atoms with E-state index in [9.17, 15) is 4.79 Å². The van der Waals surface area contributed by atoms with E-state index in [-0.39, 0.29) is 5.91 Å². The van der Waals surface area contributed by atoms with Crippen LogP contribution in [0.1, 0.15) is 12.7 Å². The van der Waals surface area contributed by atoms with Gasteiger partial charge in [-0.2, -0.15) is 0 Å². The van der Waals surface area contributed by atoms with E-state index >= 15 is 0 Å². The van der Waals surface area contributed by atoms with Gasteiger partial charge in [0, 0.05) is 0 Å². The highest BCUT2D eigenvalue weighted by Crippen LogP contribution is 2.26. The van der Waals surface area contributed by atoms with E-state index in [1.807, 2.05) is 60.0 Å². The van der Waals surface area contributed by atoms with Crippen molar-refractivity contribution < 1.29 is 13.9 Å². The van der Waals surface area contributed by atoms with Crippen molar-refractivity contribution in [2.45, 2.75) is 19.6 Å². The molecule has 1 atom stereocenters. The van der Waals surface area contributed by atoms with Crippen LogP contribution in [0.25, 0.3) is 10.6 Å². The lowest BCUT2D eigenvalue weighted by atomic mass is 10.3. The predicted octanol–water partition coefficient (Wildman–Crippen LogP) is 4.09. The third kappa shape index (κ3) is 4.02. The Bertz CT molecular complexity index is 750. The lowest BCUT2D eigenvalue weighted by molar-refractivity contribution is -0.127. The number of nitrogens with one attached hydrogen (secondary N) is 1. The number of hydrogen-bond acceptors (Lipinski definition) is 4. The maximum Gasteiger partial charge on any atom is 0.261 e. The molecule has 0 radical (unpaired) electrons. The first-order valence-electron chi connectivity index (χ1n) is 7.34. The van der Waals surface area contributed by atoms with Crippen LogP contribution in [0.4, 0.5) is 0 Å². The number of benzene rings is 1. The van der Waals surface area contributed by atoms with Gasteiger partial charge in [-0.1, -0.05) is 24.3 Å². The van der Waals surface area contributed by atoms with Gasteiger partial charge in [-0.05, 0) is 42.6 Å². The summed E-state index contributed by atoms with van der Waals surface area (Å²) in [7, 11) is 0. The van der Waals surface area contributed by atoms with Crippen molar-refractivity contribution in [3.8, 4) is 16.4 Å². The van der Waals surface area contributed by atoms with Gasteiger partial charge in [-0.25, -0.2) is 0 Å². The highest BCUT2D eigenvalue weighted by Gasteiger charge is 2.15. The van der Waals surface area contributed by atoms with E-state index in [0.29, 0.717) is 18.1 Å². The molecule has 0 saturated carbocycles. The molecule has 2 aromatic heterocycles. The van der Waals surface area contributed by atoms with E-state index in [0.717, 1.165) is 10.6 Å². The van der Waals surface area contributed by atoms with Crippen LogP contribution < -0.4 is 10.1 Å². The number of rotatable bonds is 6. The quantitative estimate of drug-likeness (QED) is 0.742. The van der Waals surface area contributed by atoms with Crippen molar-refractivity contribution >= 4 is 17.2 Å². The predicted molar refractivity (Wildman–Crippen MR) is 90.4 cm³/mol. The fourth-order valence-electron chi connectivity index (χ4n) is 2.10. The van der Waals surface area contributed by atoms with Crippen LogP contribution in [0.5, 0.6) is 5.75 Å². The van der Waals surface area contributed by atoms with Gasteiger partial charge in [0.05, 0.1) is 11.4 Å². The molecule has 0 fully saturated rings. The summed E-state index contributed by atoms with van der Waals surface area (Å²) in [6, 6.07) is 17.1. The van der Waals surface area contributed by atoms with Crippen LogP contribution in [-0.4, -0.2) is 12.0 Å². The average molecular weight is 327 g/mol. The van der Waals surface area contributed by atoms with E-state index in [1.54, 1.807) is 18.3 Å². The molecule has 3 aromatic rings. The molecule has 0 aliphatic carbocycles. The summed E-state index contributed by atoms with van der Waals surface area (Å²) < 4.78 is 11.3. The maximum atomic E-state index is 12.1. The molecular weight excluding hydrogens is 310 g/mol. The number of carbonyl (C=O) groups excluding carboxylic acids is 1. The summed E-state index contributed by atoms with van der Waals surface area (Å²) in [5.74, 6) is 2.03.